The van der Waals surface area contributed by atoms with E-state index in [1.807, 2.05) is 12.1 Å². The predicted octanol–water partition coefficient (Wildman–Crippen LogP) is 10.2. The van der Waals surface area contributed by atoms with Crippen LogP contribution in [0.15, 0.2) is 89.3 Å². The topological polar surface area (TPSA) is 27.3 Å². The van der Waals surface area contributed by atoms with E-state index in [2.05, 4.69) is 84.3 Å². The number of furan rings is 1. The highest BCUT2D eigenvalue weighted by atomic mass is 16.5. The number of benzene rings is 4. The summed E-state index contributed by atoms with van der Waals surface area (Å²) in [5.41, 5.74) is 5.38. The minimum atomic E-state index is 0.787. The van der Waals surface area contributed by atoms with Gasteiger partial charge in [-0.05, 0) is 55.0 Å². The van der Waals surface area contributed by atoms with Crippen molar-refractivity contribution in [2.24, 2.45) is 0 Å². The van der Waals surface area contributed by atoms with Crippen LogP contribution in [0.2, 0.25) is 0 Å². The lowest BCUT2D eigenvalue weighted by molar-refractivity contribution is 0.304. The van der Waals surface area contributed by atoms with Crippen molar-refractivity contribution in [2.75, 3.05) is 6.61 Å². The molecular weight excluding hydrogens is 454 g/mol. The average Bonchev–Trinajstić information content (AvgIpc) is 3.46. The monoisotopic (exact) mass is 489 g/mol. The number of rotatable bonds is 11. The molecule has 0 spiro atoms. The minimum absolute atomic E-state index is 0.787. The summed E-state index contributed by atoms with van der Waals surface area (Å²) in [5, 5.41) is 4.74. The summed E-state index contributed by atoms with van der Waals surface area (Å²) in [6.45, 7) is 3.06. The summed E-state index contributed by atoms with van der Waals surface area (Å²) in [7, 11) is 0. The molecule has 3 nitrogen and oxygen atoms in total. The number of unbranched alkanes of at least 4 members (excludes halogenated alkanes) is 7. The van der Waals surface area contributed by atoms with Crippen LogP contribution in [-0.2, 0) is 0 Å². The molecule has 0 amide bonds. The minimum Gasteiger partial charge on any atom is -0.494 e. The maximum atomic E-state index is 6.20. The van der Waals surface area contributed by atoms with Gasteiger partial charge in [0.05, 0.1) is 17.6 Å². The molecule has 0 aliphatic rings. The standard InChI is InChI=1S/C34H35NO2/c1-2-3-4-5-6-7-8-13-22-36-26-20-18-25(19-21-26)35-31-16-11-9-14-27(31)29-24-34-30(23-32(29)35)28-15-10-12-17-33(28)37-34/h9-12,14-21,23-24H,2-8,13,22H2,1H3. The highest BCUT2D eigenvalue weighted by Gasteiger charge is 2.16. The van der Waals surface area contributed by atoms with Gasteiger partial charge in [-0.1, -0.05) is 88.3 Å². The highest BCUT2D eigenvalue weighted by Crippen LogP contribution is 2.38. The van der Waals surface area contributed by atoms with Crippen molar-refractivity contribution in [3.8, 4) is 11.4 Å². The Bertz CT molecular complexity index is 1640. The van der Waals surface area contributed by atoms with Gasteiger partial charge in [-0.15, -0.1) is 0 Å². The van der Waals surface area contributed by atoms with Crippen LogP contribution >= 0.6 is 0 Å². The Labute approximate surface area is 218 Å². The van der Waals surface area contributed by atoms with Gasteiger partial charge in [0, 0.05) is 27.2 Å². The Balaban J connectivity index is 1.24. The van der Waals surface area contributed by atoms with Gasteiger partial charge in [0.25, 0.3) is 0 Å². The van der Waals surface area contributed by atoms with Crippen LogP contribution in [0.25, 0.3) is 49.4 Å². The van der Waals surface area contributed by atoms with Gasteiger partial charge >= 0.3 is 0 Å². The van der Waals surface area contributed by atoms with Gasteiger partial charge in [-0.25, -0.2) is 0 Å². The molecule has 188 valence electrons. The molecule has 0 saturated carbocycles. The number of nitrogens with zero attached hydrogens (tertiary/aromatic N) is 1. The van der Waals surface area contributed by atoms with E-state index in [0.717, 1.165) is 46.4 Å². The molecule has 0 radical (unpaired) electrons. The largest absolute Gasteiger partial charge is 0.494 e. The predicted molar refractivity (Wildman–Crippen MR) is 156 cm³/mol. The summed E-state index contributed by atoms with van der Waals surface area (Å²) < 4.78 is 14.6. The second kappa shape index (κ2) is 10.7. The fourth-order valence-corrected chi connectivity index (χ4v) is 5.58. The third kappa shape index (κ3) is 4.71. The normalized spacial score (nSPS) is 11.8. The number of aromatic nitrogens is 1. The first-order chi connectivity index (χ1) is 18.3. The Kier molecular flexibility index (Phi) is 6.86. The molecule has 2 aromatic heterocycles. The molecule has 0 aliphatic heterocycles. The molecule has 0 N–H and O–H groups in total. The van der Waals surface area contributed by atoms with Crippen LogP contribution in [0.3, 0.4) is 0 Å². The smallest absolute Gasteiger partial charge is 0.136 e. The van der Waals surface area contributed by atoms with E-state index in [4.69, 9.17) is 9.15 Å². The van der Waals surface area contributed by atoms with Gasteiger partial charge in [-0.2, -0.15) is 0 Å². The molecule has 4 aromatic carbocycles. The van der Waals surface area contributed by atoms with Crippen molar-refractivity contribution >= 4 is 43.7 Å². The van der Waals surface area contributed by atoms with Crippen molar-refractivity contribution in [2.45, 2.75) is 58.3 Å². The van der Waals surface area contributed by atoms with Crippen LogP contribution in [0.5, 0.6) is 5.75 Å². The molecular formula is C34H35NO2. The Morgan fingerprint density at radius 3 is 2.11 bits per heavy atom. The van der Waals surface area contributed by atoms with Gasteiger partial charge in [0.2, 0.25) is 0 Å². The summed E-state index contributed by atoms with van der Waals surface area (Å²) in [6.07, 6.45) is 10.5. The highest BCUT2D eigenvalue weighted by molar-refractivity contribution is 6.17. The first-order valence-corrected chi connectivity index (χ1v) is 13.9. The Morgan fingerprint density at radius 2 is 1.30 bits per heavy atom. The second-order valence-corrected chi connectivity index (χ2v) is 10.1. The molecule has 0 atom stereocenters. The Morgan fingerprint density at radius 1 is 0.595 bits per heavy atom. The van der Waals surface area contributed by atoms with Crippen LogP contribution < -0.4 is 4.74 Å². The van der Waals surface area contributed by atoms with E-state index in [0.29, 0.717) is 0 Å². The zero-order valence-electron chi connectivity index (χ0n) is 21.7. The summed E-state index contributed by atoms with van der Waals surface area (Å²) >= 11 is 0. The van der Waals surface area contributed by atoms with Crippen molar-refractivity contribution in [3.05, 3.63) is 84.9 Å². The second-order valence-electron chi connectivity index (χ2n) is 10.1. The lowest BCUT2D eigenvalue weighted by Gasteiger charge is -2.10. The van der Waals surface area contributed by atoms with Crippen LogP contribution in [0.1, 0.15) is 58.3 Å². The van der Waals surface area contributed by atoms with E-state index in [-0.39, 0.29) is 0 Å². The first-order valence-electron chi connectivity index (χ1n) is 13.9. The van der Waals surface area contributed by atoms with Crippen molar-refractivity contribution in [1.29, 1.82) is 0 Å². The zero-order chi connectivity index (χ0) is 25.0. The molecule has 0 saturated heterocycles. The number of para-hydroxylation sites is 2. The lowest BCUT2D eigenvalue weighted by atomic mass is 10.1. The molecule has 0 unspecified atom stereocenters. The molecule has 0 fully saturated rings. The fraction of sp³-hybridized carbons (Fsp3) is 0.294. The molecule has 3 heteroatoms. The Hall–Kier alpha value is -3.72. The number of ether oxygens (including phenoxy) is 1. The van der Waals surface area contributed by atoms with Gasteiger partial charge in [-0.3, -0.25) is 0 Å². The maximum Gasteiger partial charge on any atom is 0.136 e. The number of fused-ring (bicyclic) bond motifs is 6. The maximum absolute atomic E-state index is 6.20. The third-order valence-electron chi connectivity index (χ3n) is 7.53. The number of hydrogen-bond donors (Lipinski definition) is 0. The van der Waals surface area contributed by atoms with Gasteiger partial charge in [0.1, 0.15) is 16.9 Å². The molecule has 0 aliphatic carbocycles. The third-order valence-corrected chi connectivity index (χ3v) is 7.53. The van der Waals surface area contributed by atoms with E-state index in [1.165, 1.54) is 66.8 Å². The first kappa shape index (κ1) is 23.7. The SMILES string of the molecule is CCCCCCCCCCOc1ccc(-n2c3ccccc3c3cc4oc5ccccc5c4cc32)cc1. The fourth-order valence-electron chi connectivity index (χ4n) is 5.58. The van der Waals surface area contributed by atoms with Crippen molar-refractivity contribution < 1.29 is 9.15 Å². The number of hydrogen-bond acceptors (Lipinski definition) is 2. The van der Waals surface area contributed by atoms with Gasteiger partial charge < -0.3 is 13.7 Å². The summed E-state index contributed by atoms with van der Waals surface area (Å²) in [5.74, 6) is 0.940. The summed E-state index contributed by atoms with van der Waals surface area (Å²) in [6, 6.07) is 29.9. The van der Waals surface area contributed by atoms with E-state index < -0.39 is 0 Å². The lowest BCUT2D eigenvalue weighted by Crippen LogP contribution is -1.98. The quantitative estimate of drug-likeness (QED) is 0.169. The zero-order valence-corrected chi connectivity index (χ0v) is 21.7. The molecule has 6 aromatic rings. The van der Waals surface area contributed by atoms with Crippen LogP contribution in [0, 0.1) is 0 Å². The molecule has 2 heterocycles. The molecule has 6 rings (SSSR count). The van der Waals surface area contributed by atoms with E-state index >= 15 is 0 Å². The van der Waals surface area contributed by atoms with Crippen LogP contribution in [-0.4, -0.2) is 11.2 Å². The van der Waals surface area contributed by atoms with Crippen molar-refractivity contribution in [1.82, 2.24) is 4.57 Å². The van der Waals surface area contributed by atoms with E-state index in [1.54, 1.807) is 0 Å². The van der Waals surface area contributed by atoms with Crippen molar-refractivity contribution in [3.63, 3.8) is 0 Å². The summed E-state index contributed by atoms with van der Waals surface area (Å²) in [4.78, 5) is 0. The van der Waals surface area contributed by atoms with E-state index in [9.17, 15) is 0 Å². The van der Waals surface area contributed by atoms with Gasteiger partial charge in [0.15, 0.2) is 0 Å². The average molecular weight is 490 g/mol. The van der Waals surface area contributed by atoms with Crippen LogP contribution in [0.4, 0.5) is 0 Å². The molecule has 37 heavy (non-hydrogen) atoms. The molecule has 0 bridgehead atoms.